The fourth-order valence-electron chi connectivity index (χ4n) is 2.66. The van der Waals surface area contributed by atoms with Crippen molar-refractivity contribution < 1.29 is 0 Å². The van der Waals surface area contributed by atoms with Crippen molar-refractivity contribution in [3.63, 3.8) is 0 Å². The maximum Gasteiger partial charge on any atom is 0.0104 e. The zero-order valence-corrected chi connectivity index (χ0v) is 8.26. The van der Waals surface area contributed by atoms with Gasteiger partial charge in [-0.2, -0.15) is 0 Å². The van der Waals surface area contributed by atoms with E-state index in [1.165, 1.54) is 51.5 Å². The smallest absolute Gasteiger partial charge is 0.0104 e. The Kier molecular flexibility index (Phi) is 2.69. The van der Waals surface area contributed by atoms with Crippen LogP contribution in [-0.4, -0.2) is 24.5 Å². The molecular formula is C11H21N. The van der Waals surface area contributed by atoms with Gasteiger partial charge in [0.05, 0.1) is 0 Å². The third kappa shape index (κ3) is 1.82. The minimum Gasteiger partial charge on any atom is -0.303 e. The molecule has 2 aliphatic rings. The van der Waals surface area contributed by atoms with Crippen LogP contribution in [-0.2, 0) is 0 Å². The van der Waals surface area contributed by atoms with Crippen molar-refractivity contribution >= 4 is 0 Å². The highest BCUT2D eigenvalue weighted by Crippen LogP contribution is 2.31. The van der Waals surface area contributed by atoms with Crippen molar-refractivity contribution in [2.24, 2.45) is 5.92 Å². The van der Waals surface area contributed by atoms with Crippen molar-refractivity contribution in [2.45, 2.75) is 51.0 Å². The fourth-order valence-corrected chi connectivity index (χ4v) is 2.66. The minimum atomic E-state index is 0.950. The molecule has 0 aromatic heterocycles. The van der Waals surface area contributed by atoms with Crippen LogP contribution in [0.2, 0.25) is 0 Å². The molecule has 0 amide bonds. The second kappa shape index (κ2) is 3.78. The lowest BCUT2D eigenvalue weighted by Crippen LogP contribution is -2.44. The van der Waals surface area contributed by atoms with Gasteiger partial charge in [-0.3, -0.25) is 0 Å². The molecule has 0 aromatic carbocycles. The molecule has 0 spiro atoms. The first kappa shape index (κ1) is 8.55. The van der Waals surface area contributed by atoms with Gasteiger partial charge in [0, 0.05) is 6.04 Å². The van der Waals surface area contributed by atoms with Crippen LogP contribution in [0.15, 0.2) is 0 Å². The lowest BCUT2D eigenvalue weighted by atomic mass is 9.93. The van der Waals surface area contributed by atoms with Crippen molar-refractivity contribution in [2.75, 3.05) is 13.6 Å². The molecule has 1 saturated carbocycles. The van der Waals surface area contributed by atoms with E-state index in [9.17, 15) is 0 Å². The molecule has 1 nitrogen and oxygen atoms in total. The lowest BCUT2D eigenvalue weighted by Gasteiger charge is -2.38. The number of hydrogen-bond donors (Lipinski definition) is 0. The third-order valence-electron chi connectivity index (χ3n) is 3.82. The molecule has 70 valence electrons. The first-order valence-corrected chi connectivity index (χ1v) is 5.56. The van der Waals surface area contributed by atoms with Gasteiger partial charge in [0.2, 0.25) is 0 Å². The van der Waals surface area contributed by atoms with Gasteiger partial charge < -0.3 is 4.90 Å². The summed E-state index contributed by atoms with van der Waals surface area (Å²) in [7, 11) is 2.27. The Labute approximate surface area is 76.1 Å². The van der Waals surface area contributed by atoms with Crippen LogP contribution in [0.1, 0.15) is 44.9 Å². The predicted octanol–water partition coefficient (Wildman–Crippen LogP) is 2.66. The van der Waals surface area contributed by atoms with Crippen LogP contribution >= 0.6 is 0 Å². The van der Waals surface area contributed by atoms with Crippen LogP contribution in [0, 0.1) is 5.92 Å². The Hall–Kier alpha value is -0.0400. The molecule has 1 aliphatic heterocycles. The second-order valence-corrected chi connectivity index (χ2v) is 4.65. The van der Waals surface area contributed by atoms with Crippen molar-refractivity contribution in [1.82, 2.24) is 4.90 Å². The van der Waals surface area contributed by atoms with Crippen LogP contribution in [0.3, 0.4) is 0 Å². The van der Waals surface area contributed by atoms with Gasteiger partial charge in [-0.15, -0.1) is 0 Å². The zero-order chi connectivity index (χ0) is 8.39. The van der Waals surface area contributed by atoms with Gasteiger partial charge in [-0.1, -0.05) is 25.7 Å². The van der Waals surface area contributed by atoms with Gasteiger partial charge in [-0.05, 0) is 38.8 Å². The highest BCUT2D eigenvalue weighted by Gasteiger charge is 2.25. The Morgan fingerprint density at radius 1 is 1.08 bits per heavy atom. The zero-order valence-electron chi connectivity index (χ0n) is 8.26. The minimum absolute atomic E-state index is 0.950. The molecule has 1 saturated heterocycles. The average Bonchev–Trinajstić information content (AvgIpc) is 2.54. The van der Waals surface area contributed by atoms with E-state index in [0.29, 0.717) is 0 Å². The van der Waals surface area contributed by atoms with E-state index in [4.69, 9.17) is 0 Å². The summed E-state index contributed by atoms with van der Waals surface area (Å²) in [5.74, 6) is 1.10. The monoisotopic (exact) mass is 167 g/mol. The number of nitrogens with zero attached hydrogens (tertiary/aromatic N) is 1. The molecule has 2 rings (SSSR count). The van der Waals surface area contributed by atoms with Crippen LogP contribution < -0.4 is 0 Å². The molecule has 0 bridgehead atoms. The quantitative estimate of drug-likeness (QED) is 0.624. The summed E-state index contributed by atoms with van der Waals surface area (Å²) in [5.41, 5.74) is 0. The second-order valence-electron chi connectivity index (χ2n) is 4.65. The maximum absolute atomic E-state index is 2.51. The molecule has 1 aliphatic carbocycles. The molecular weight excluding hydrogens is 146 g/mol. The van der Waals surface area contributed by atoms with E-state index in [0.717, 1.165) is 12.0 Å². The summed E-state index contributed by atoms with van der Waals surface area (Å²) < 4.78 is 0. The third-order valence-corrected chi connectivity index (χ3v) is 3.82. The Morgan fingerprint density at radius 3 is 2.33 bits per heavy atom. The largest absolute Gasteiger partial charge is 0.303 e. The number of likely N-dealkylation sites (tertiary alicyclic amines) is 1. The molecule has 0 radical (unpaired) electrons. The maximum atomic E-state index is 2.51. The topological polar surface area (TPSA) is 3.24 Å². The van der Waals surface area contributed by atoms with Gasteiger partial charge in [-0.25, -0.2) is 0 Å². The highest BCUT2D eigenvalue weighted by molar-refractivity contribution is 4.81. The molecule has 12 heavy (non-hydrogen) atoms. The Bertz CT molecular complexity index is 136. The van der Waals surface area contributed by atoms with E-state index in [-0.39, 0.29) is 0 Å². The SMILES string of the molecule is CN1CCC1CCC1CCCC1. The molecule has 1 heteroatoms. The normalized spacial score (nSPS) is 32.2. The summed E-state index contributed by atoms with van der Waals surface area (Å²) in [6, 6.07) is 0.950. The molecule has 0 N–H and O–H groups in total. The summed E-state index contributed by atoms with van der Waals surface area (Å²) in [4.78, 5) is 2.51. The summed E-state index contributed by atoms with van der Waals surface area (Å²) in [6.07, 6.45) is 10.5. The molecule has 0 aromatic rings. The fraction of sp³-hybridized carbons (Fsp3) is 1.00. The standard InChI is InChI=1S/C11H21N/c1-12-9-8-11(12)7-6-10-4-2-3-5-10/h10-11H,2-9H2,1H3. The van der Waals surface area contributed by atoms with Crippen LogP contribution in [0.5, 0.6) is 0 Å². The number of hydrogen-bond acceptors (Lipinski definition) is 1. The number of rotatable bonds is 3. The Balaban J connectivity index is 1.61. The van der Waals surface area contributed by atoms with Gasteiger partial charge in [0.1, 0.15) is 0 Å². The van der Waals surface area contributed by atoms with Gasteiger partial charge in [0.15, 0.2) is 0 Å². The summed E-state index contributed by atoms with van der Waals surface area (Å²) in [5, 5.41) is 0. The van der Waals surface area contributed by atoms with Gasteiger partial charge in [0.25, 0.3) is 0 Å². The summed E-state index contributed by atoms with van der Waals surface area (Å²) in [6.45, 7) is 1.34. The van der Waals surface area contributed by atoms with E-state index >= 15 is 0 Å². The Morgan fingerprint density at radius 2 is 1.83 bits per heavy atom. The van der Waals surface area contributed by atoms with Crippen molar-refractivity contribution in [3.8, 4) is 0 Å². The summed E-state index contributed by atoms with van der Waals surface area (Å²) >= 11 is 0. The average molecular weight is 167 g/mol. The molecule has 2 fully saturated rings. The first-order valence-electron chi connectivity index (χ1n) is 5.56. The predicted molar refractivity (Wildman–Crippen MR) is 52.2 cm³/mol. The van der Waals surface area contributed by atoms with E-state index in [1.54, 1.807) is 0 Å². The van der Waals surface area contributed by atoms with Gasteiger partial charge >= 0.3 is 0 Å². The lowest BCUT2D eigenvalue weighted by molar-refractivity contribution is 0.111. The molecule has 1 atom stereocenters. The molecule has 1 unspecified atom stereocenters. The molecule has 1 heterocycles. The first-order chi connectivity index (χ1) is 5.86. The van der Waals surface area contributed by atoms with Crippen molar-refractivity contribution in [1.29, 1.82) is 0 Å². The van der Waals surface area contributed by atoms with E-state index < -0.39 is 0 Å². The van der Waals surface area contributed by atoms with E-state index in [2.05, 4.69) is 11.9 Å². The van der Waals surface area contributed by atoms with Crippen LogP contribution in [0.4, 0.5) is 0 Å². The highest BCUT2D eigenvalue weighted by atomic mass is 15.2. The van der Waals surface area contributed by atoms with Crippen molar-refractivity contribution in [3.05, 3.63) is 0 Å². The van der Waals surface area contributed by atoms with E-state index in [1.807, 2.05) is 0 Å². The van der Waals surface area contributed by atoms with Crippen LogP contribution in [0.25, 0.3) is 0 Å².